The van der Waals surface area contributed by atoms with E-state index in [-0.39, 0.29) is 0 Å². The molecule has 2 heteroatoms. The SMILES string of the molecule is CNc1cc(C)ccc1Cl. The van der Waals surface area contributed by atoms with Crippen molar-refractivity contribution in [2.75, 3.05) is 12.4 Å². The second-order valence-corrected chi connectivity index (χ2v) is 2.64. The van der Waals surface area contributed by atoms with E-state index in [2.05, 4.69) is 5.32 Å². The first kappa shape index (κ1) is 7.42. The van der Waals surface area contributed by atoms with Gasteiger partial charge in [0.05, 0.1) is 10.7 Å². The summed E-state index contributed by atoms with van der Waals surface area (Å²) < 4.78 is 0. The van der Waals surface area contributed by atoms with Crippen LogP contribution < -0.4 is 5.32 Å². The van der Waals surface area contributed by atoms with Gasteiger partial charge in [-0.15, -0.1) is 0 Å². The molecule has 0 saturated carbocycles. The predicted octanol–water partition coefficient (Wildman–Crippen LogP) is 2.69. The highest BCUT2D eigenvalue weighted by Crippen LogP contribution is 2.21. The van der Waals surface area contributed by atoms with Crippen LogP contribution in [0.3, 0.4) is 0 Å². The van der Waals surface area contributed by atoms with Crippen LogP contribution in [0.5, 0.6) is 0 Å². The molecule has 1 N–H and O–H groups in total. The summed E-state index contributed by atoms with van der Waals surface area (Å²) in [5.74, 6) is 0. The van der Waals surface area contributed by atoms with Crippen molar-refractivity contribution in [2.45, 2.75) is 6.92 Å². The van der Waals surface area contributed by atoms with Crippen LogP contribution in [-0.2, 0) is 0 Å². The number of aryl methyl sites for hydroxylation is 1. The van der Waals surface area contributed by atoms with Gasteiger partial charge in [0.15, 0.2) is 0 Å². The summed E-state index contributed by atoms with van der Waals surface area (Å²) in [4.78, 5) is 0. The van der Waals surface area contributed by atoms with Crippen LogP contribution in [0.25, 0.3) is 0 Å². The maximum atomic E-state index is 5.83. The molecule has 0 unspecified atom stereocenters. The van der Waals surface area contributed by atoms with Crippen LogP contribution in [0.2, 0.25) is 5.02 Å². The van der Waals surface area contributed by atoms with Gasteiger partial charge in [-0.2, -0.15) is 0 Å². The first-order valence-corrected chi connectivity index (χ1v) is 3.55. The van der Waals surface area contributed by atoms with Gasteiger partial charge >= 0.3 is 0 Å². The summed E-state index contributed by atoms with van der Waals surface area (Å²) in [6.07, 6.45) is 0. The minimum atomic E-state index is 0.771. The van der Waals surface area contributed by atoms with Crippen LogP contribution >= 0.6 is 11.6 Å². The van der Waals surface area contributed by atoms with E-state index >= 15 is 0 Å². The minimum absolute atomic E-state index is 0.771. The van der Waals surface area contributed by atoms with Gasteiger partial charge in [-0.3, -0.25) is 0 Å². The zero-order chi connectivity index (χ0) is 7.56. The van der Waals surface area contributed by atoms with Crippen molar-refractivity contribution >= 4 is 17.3 Å². The lowest BCUT2D eigenvalue weighted by molar-refractivity contribution is 1.43. The predicted molar refractivity (Wildman–Crippen MR) is 45.7 cm³/mol. The molecule has 1 nitrogen and oxygen atoms in total. The normalized spacial score (nSPS) is 9.50. The fraction of sp³-hybridized carbons (Fsp3) is 0.250. The Labute approximate surface area is 66.0 Å². The molecule has 0 heterocycles. The Hall–Kier alpha value is -0.690. The Morgan fingerprint density at radius 2 is 2.10 bits per heavy atom. The largest absolute Gasteiger partial charge is 0.387 e. The number of anilines is 1. The van der Waals surface area contributed by atoms with Gasteiger partial charge in [0.2, 0.25) is 0 Å². The standard InChI is InChI=1S/C8H10ClN/c1-6-3-4-7(9)8(5-6)10-2/h3-5,10H,1-2H3. The van der Waals surface area contributed by atoms with Crippen molar-refractivity contribution in [1.82, 2.24) is 0 Å². The van der Waals surface area contributed by atoms with Crippen LogP contribution in [-0.4, -0.2) is 7.05 Å². The van der Waals surface area contributed by atoms with E-state index in [1.165, 1.54) is 5.56 Å². The van der Waals surface area contributed by atoms with Crippen molar-refractivity contribution in [3.05, 3.63) is 28.8 Å². The lowest BCUT2D eigenvalue weighted by atomic mass is 10.2. The van der Waals surface area contributed by atoms with E-state index in [4.69, 9.17) is 11.6 Å². The Bertz CT molecular complexity index is 233. The molecular weight excluding hydrogens is 146 g/mol. The number of halogens is 1. The second-order valence-electron chi connectivity index (χ2n) is 2.23. The average molecular weight is 156 g/mol. The van der Waals surface area contributed by atoms with Crippen molar-refractivity contribution in [2.24, 2.45) is 0 Å². The smallest absolute Gasteiger partial charge is 0.0637 e. The lowest BCUT2D eigenvalue weighted by Gasteiger charge is -2.02. The summed E-state index contributed by atoms with van der Waals surface area (Å²) in [6.45, 7) is 2.04. The molecule has 0 fully saturated rings. The molecule has 0 bridgehead atoms. The third-order valence-electron chi connectivity index (χ3n) is 1.39. The highest BCUT2D eigenvalue weighted by Gasteiger charge is 1.95. The van der Waals surface area contributed by atoms with E-state index in [1.54, 1.807) is 0 Å². The van der Waals surface area contributed by atoms with E-state index in [1.807, 2.05) is 32.2 Å². The van der Waals surface area contributed by atoms with E-state index in [0.29, 0.717) is 0 Å². The quantitative estimate of drug-likeness (QED) is 0.658. The molecule has 0 aliphatic carbocycles. The van der Waals surface area contributed by atoms with Crippen LogP contribution in [0, 0.1) is 6.92 Å². The molecule has 0 spiro atoms. The van der Waals surface area contributed by atoms with Gasteiger partial charge in [-0.25, -0.2) is 0 Å². The maximum absolute atomic E-state index is 5.83. The second kappa shape index (κ2) is 2.93. The molecule has 0 radical (unpaired) electrons. The molecular formula is C8H10ClN. The Morgan fingerprint density at radius 1 is 1.40 bits per heavy atom. The third-order valence-corrected chi connectivity index (χ3v) is 1.72. The van der Waals surface area contributed by atoms with Gasteiger partial charge in [0.25, 0.3) is 0 Å². The van der Waals surface area contributed by atoms with E-state index in [9.17, 15) is 0 Å². The van der Waals surface area contributed by atoms with E-state index < -0.39 is 0 Å². The highest BCUT2D eigenvalue weighted by atomic mass is 35.5. The summed E-state index contributed by atoms with van der Waals surface area (Å²) in [7, 11) is 1.86. The Balaban J connectivity index is 3.09. The van der Waals surface area contributed by atoms with Gasteiger partial charge in [-0.1, -0.05) is 17.7 Å². The molecule has 0 amide bonds. The molecule has 10 heavy (non-hydrogen) atoms. The molecule has 0 aliphatic rings. The molecule has 1 aromatic rings. The topological polar surface area (TPSA) is 12.0 Å². The number of rotatable bonds is 1. The first-order chi connectivity index (χ1) is 4.74. The van der Waals surface area contributed by atoms with Crippen molar-refractivity contribution in [3.8, 4) is 0 Å². The fourth-order valence-corrected chi connectivity index (χ4v) is 1.04. The summed E-state index contributed by atoms with van der Waals surface area (Å²) in [5.41, 5.74) is 2.20. The van der Waals surface area contributed by atoms with Gasteiger partial charge in [0, 0.05) is 7.05 Å². The zero-order valence-corrected chi connectivity index (χ0v) is 6.87. The van der Waals surface area contributed by atoms with Gasteiger partial charge in [0.1, 0.15) is 0 Å². The molecule has 0 aromatic heterocycles. The molecule has 0 aliphatic heterocycles. The molecule has 0 atom stereocenters. The Kier molecular flexibility index (Phi) is 2.17. The Morgan fingerprint density at radius 3 is 2.60 bits per heavy atom. The lowest BCUT2D eigenvalue weighted by Crippen LogP contribution is -1.88. The first-order valence-electron chi connectivity index (χ1n) is 3.18. The number of nitrogens with one attached hydrogen (secondary N) is 1. The van der Waals surface area contributed by atoms with Crippen LogP contribution in [0.1, 0.15) is 5.56 Å². The fourth-order valence-electron chi connectivity index (χ4n) is 0.831. The summed E-state index contributed by atoms with van der Waals surface area (Å²) >= 11 is 5.83. The van der Waals surface area contributed by atoms with Crippen molar-refractivity contribution in [1.29, 1.82) is 0 Å². The molecule has 54 valence electrons. The highest BCUT2D eigenvalue weighted by molar-refractivity contribution is 6.33. The number of hydrogen-bond acceptors (Lipinski definition) is 1. The number of benzene rings is 1. The average Bonchev–Trinajstić information content (AvgIpc) is 1.94. The van der Waals surface area contributed by atoms with Crippen molar-refractivity contribution in [3.63, 3.8) is 0 Å². The monoisotopic (exact) mass is 155 g/mol. The van der Waals surface area contributed by atoms with E-state index in [0.717, 1.165) is 10.7 Å². The minimum Gasteiger partial charge on any atom is -0.387 e. The van der Waals surface area contributed by atoms with Crippen molar-refractivity contribution < 1.29 is 0 Å². The van der Waals surface area contributed by atoms with Gasteiger partial charge < -0.3 is 5.32 Å². The van der Waals surface area contributed by atoms with Crippen LogP contribution in [0.4, 0.5) is 5.69 Å². The summed E-state index contributed by atoms with van der Waals surface area (Å²) in [6, 6.07) is 5.90. The molecule has 1 rings (SSSR count). The van der Waals surface area contributed by atoms with Crippen LogP contribution in [0.15, 0.2) is 18.2 Å². The maximum Gasteiger partial charge on any atom is 0.0637 e. The summed E-state index contributed by atoms with van der Waals surface area (Å²) in [5, 5.41) is 3.78. The number of hydrogen-bond donors (Lipinski definition) is 1. The zero-order valence-electron chi connectivity index (χ0n) is 6.11. The molecule has 1 aromatic carbocycles. The van der Waals surface area contributed by atoms with Gasteiger partial charge in [-0.05, 0) is 24.6 Å². The molecule has 0 saturated heterocycles. The third kappa shape index (κ3) is 1.42.